The maximum atomic E-state index is 12.7. The Morgan fingerprint density at radius 2 is 1.76 bits per heavy atom. The van der Waals surface area contributed by atoms with E-state index in [-0.39, 0.29) is 19.1 Å². The Morgan fingerprint density at radius 1 is 1.10 bits per heavy atom. The summed E-state index contributed by atoms with van der Waals surface area (Å²) in [5, 5.41) is 76.4. The van der Waals surface area contributed by atoms with E-state index in [0.29, 0.717) is 13.2 Å². The molecular formula is C28H47GaIN2O18-. The quantitative estimate of drug-likeness (QED) is 0.0390. The van der Waals surface area contributed by atoms with Crippen LogP contribution in [0.15, 0.2) is 3.65 Å². The maximum Gasteiger partial charge on any atom is 0.407 e. The fourth-order valence-electron chi connectivity index (χ4n) is 4.94. The number of ether oxygens (including phenoxy) is 7. The standard InChI is InChI=1S/C26H45NO17.C2H3NO.Ga.HI/c1-13-19(32)21(34)18(43-23(13)39-3)12-42-26(24(35)36)9-16(30)15(22(44-26)20(33)17(31)11-28)8-14(29)10-27-25(37)41-7-6-40-5-4-38-2;1-2(3)4;;/h13,15-23,28,30-34H,4-12H2,1-3H3,(H,27,37)(H,35,36);1H3;;1H/q;;+1;/p-2/t13?,15?,16?,17-,18?,19?,20-,21?,22?,23?,26?;;;/m1.../s1. The van der Waals surface area contributed by atoms with Gasteiger partial charge in [-0.1, -0.05) is 6.92 Å². The molecular weight excluding hydrogens is 849 g/mol. The van der Waals surface area contributed by atoms with Gasteiger partial charge in [-0.05, 0) is 0 Å². The molecule has 0 saturated carbocycles. The number of aliphatic hydroxyl groups is 6. The number of hydrogen-bond acceptors (Lipinski definition) is 18. The van der Waals surface area contributed by atoms with Gasteiger partial charge in [-0.15, -0.1) is 0 Å². The molecule has 288 valence electrons. The summed E-state index contributed by atoms with van der Waals surface area (Å²) in [7, 11) is 2.80. The van der Waals surface area contributed by atoms with Crippen LogP contribution in [0.5, 0.6) is 0 Å². The molecule has 2 amide bonds. The van der Waals surface area contributed by atoms with Gasteiger partial charge in [-0.3, -0.25) is 4.79 Å². The summed E-state index contributed by atoms with van der Waals surface area (Å²) in [4.78, 5) is 46.8. The van der Waals surface area contributed by atoms with Crippen molar-refractivity contribution in [3.63, 3.8) is 0 Å². The predicted octanol–water partition coefficient (Wildman–Crippen LogP) is -4.22. The molecule has 2 aliphatic heterocycles. The minimum absolute atomic E-state index is 0.0237. The molecule has 0 aliphatic carbocycles. The number of carboxylic acid groups (broad SMARTS) is 1. The van der Waals surface area contributed by atoms with Gasteiger partial charge in [-0.2, -0.15) is 0 Å². The Labute approximate surface area is 306 Å². The summed E-state index contributed by atoms with van der Waals surface area (Å²) in [5.41, 5.74) is 0. The minimum atomic E-state index is -2.78. The number of Topliss-reactive ketones (excluding diaryl/α,β-unsaturated/α-hetero) is 1. The zero-order chi connectivity index (χ0) is 38.0. The number of methoxy groups -OCH3 is 2. The normalized spacial score (nSPS) is 30.7. The Morgan fingerprint density at radius 3 is 2.30 bits per heavy atom. The first-order valence-corrected chi connectivity index (χ1v) is 23.9. The van der Waals surface area contributed by atoms with Crippen molar-refractivity contribution in [2.45, 2.75) is 81.5 Å². The van der Waals surface area contributed by atoms with Gasteiger partial charge in [0.25, 0.3) is 0 Å². The number of carbonyl (C=O) groups excluding carboxylic acids is 4. The third-order valence-electron chi connectivity index (χ3n) is 7.69. The van der Waals surface area contributed by atoms with Crippen molar-refractivity contribution in [2.75, 3.05) is 60.4 Å². The molecule has 2 heterocycles. The van der Waals surface area contributed by atoms with Crippen LogP contribution in [0.2, 0.25) is 0 Å². The molecule has 0 aromatic rings. The molecule has 9 unspecified atom stereocenters. The molecule has 50 heavy (non-hydrogen) atoms. The van der Waals surface area contributed by atoms with Crippen molar-refractivity contribution in [3.05, 3.63) is 0 Å². The molecule has 7 N–H and O–H groups in total. The van der Waals surface area contributed by atoms with Gasteiger partial charge in [0.15, 0.2) is 12.1 Å². The second kappa shape index (κ2) is 24.2. The number of nitrogens with one attached hydrogen (secondary N) is 1. The van der Waals surface area contributed by atoms with Gasteiger partial charge in [0.05, 0.1) is 57.9 Å². The molecule has 0 bridgehead atoms. The van der Waals surface area contributed by atoms with Crippen LogP contribution in [0.3, 0.4) is 0 Å². The molecule has 2 fully saturated rings. The Balaban J connectivity index is 0.00000190. The van der Waals surface area contributed by atoms with Gasteiger partial charge in [0, 0.05) is 38.9 Å². The number of carboxylic acids is 1. The molecule has 2 saturated heterocycles. The van der Waals surface area contributed by atoms with E-state index < -0.39 is 131 Å². The number of alkyl carbamates (subject to hydrolysis) is 1. The monoisotopic (exact) mass is 895 g/mol. The van der Waals surface area contributed by atoms with Crippen molar-refractivity contribution < 1.29 is 88.1 Å². The van der Waals surface area contributed by atoms with Crippen LogP contribution in [0, 0.1) is 11.8 Å². The number of aliphatic hydroxyl groups excluding tert-OH is 6. The van der Waals surface area contributed by atoms with E-state index in [1.807, 2.05) is 0 Å². The van der Waals surface area contributed by atoms with Gasteiger partial charge >= 0.3 is 60.7 Å². The summed E-state index contributed by atoms with van der Waals surface area (Å²) in [6.45, 7) is 1.39. The van der Waals surface area contributed by atoms with Crippen LogP contribution in [-0.4, -0.2) is 183 Å². The van der Waals surface area contributed by atoms with Crippen LogP contribution in [0.25, 0.3) is 0 Å². The summed E-state index contributed by atoms with van der Waals surface area (Å²) in [6.07, 6.45) is -15.0. The SMILES string of the molecule is CC(=O)[N]=[Ga][I].COCCOCCOC(=O)NCC(=O)CC1C(O)CC(OCC2OC(OC)C(C)C(O)C2O)(C(=O)[O-])OC1[C@H](O)[C@H](O)CO. The number of amides is 2. The van der Waals surface area contributed by atoms with E-state index in [0.717, 1.165) is 0 Å². The average molecular weight is 896 g/mol. The number of nitrogens with zero attached hydrogens (tertiary/aromatic N) is 1. The largest absolute Gasteiger partial charge is 0.544 e. The number of ketones is 1. The van der Waals surface area contributed by atoms with Crippen molar-refractivity contribution in [1.29, 1.82) is 0 Å². The molecule has 2 rings (SSSR count). The molecule has 0 spiro atoms. The Hall–Kier alpha value is -1.23. The van der Waals surface area contributed by atoms with Crippen LogP contribution in [-0.2, 0) is 47.5 Å². The summed E-state index contributed by atoms with van der Waals surface area (Å²) < 4.78 is 40.2. The molecule has 20 nitrogen and oxygen atoms in total. The summed E-state index contributed by atoms with van der Waals surface area (Å²) >= 11 is 1.66. The average Bonchev–Trinajstić information content (AvgIpc) is 3.07. The van der Waals surface area contributed by atoms with E-state index in [1.165, 1.54) is 21.1 Å². The van der Waals surface area contributed by atoms with Gasteiger partial charge in [0.1, 0.15) is 37.0 Å². The summed E-state index contributed by atoms with van der Waals surface area (Å²) in [6, 6.07) is 0. The zero-order valence-corrected chi connectivity index (χ0v) is 32.7. The first kappa shape index (κ1) is 46.8. The Bertz CT molecular complexity index is 1090. The molecule has 0 aromatic heterocycles. The van der Waals surface area contributed by atoms with E-state index in [2.05, 4.69) is 28.6 Å². The zero-order valence-electron chi connectivity index (χ0n) is 28.1. The van der Waals surface area contributed by atoms with Gasteiger partial charge < -0.3 is 79.0 Å². The van der Waals surface area contributed by atoms with Crippen LogP contribution in [0.1, 0.15) is 26.7 Å². The van der Waals surface area contributed by atoms with Crippen LogP contribution >= 0.6 is 19.7 Å². The Kier molecular flexibility index (Phi) is 22.6. The van der Waals surface area contributed by atoms with Crippen molar-refractivity contribution >= 4 is 57.1 Å². The molecule has 0 aromatic carbocycles. The molecule has 22 heteroatoms. The number of hydrogen-bond donors (Lipinski definition) is 7. The van der Waals surface area contributed by atoms with E-state index in [4.69, 9.17) is 33.2 Å². The molecule has 2 aliphatic rings. The van der Waals surface area contributed by atoms with Crippen LogP contribution < -0.4 is 10.4 Å². The maximum absolute atomic E-state index is 12.7. The second-order valence-corrected chi connectivity index (χ2v) is 15.2. The van der Waals surface area contributed by atoms with Crippen molar-refractivity contribution in [1.82, 2.24) is 5.32 Å². The number of carbonyl (C=O) groups is 4. The fourth-order valence-corrected chi connectivity index (χ4v) is 7.27. The summed E-state index contributed by atoms with van der Waals surface area (Å²) in [5.74, 6) is -7.50. The van der Waals surface area contributed by atoms with E-state index in [9.17, 15) is 54.9 Å². The third-order valence-corrected chi connectivity index (χ3v) is 10.1. The van der Waals surface area contributed by atoms with Crippen molar-refractivity contribution in [2.24, 2.45) is 15.5 Å². The van der Waals surface area contributed by atoms with Crippen LogP contribution in [0.4, 0.5) is 4.79 Å². The molecule has 11 atom stereocenters. The van der Waals surface area contributed by atoms with E-state index in [1.54, 1.807) is 6.92 Å². The number of aliphatic carboxylic acids is 1. The van der Waals surface area contributed by atoms with Crippen molar-refractivity contribution in [3.8, 4) is 0 Å². The number of halogens is 1. The second-order valence-electron chi connectivity index (χ2n) is 11.3. The van der Waals surface area contributed by atoms with E-state index >= 15 is 0 Å². The fraction of sp³-hybridized carbons (Fsp3) is 0.857. The van der Waals surface area contributed by atoms with Gasteiger partial charge in [-0.25, -0.2) is 4.79 Å². The number of rotatable bonds is 18. The predicted molar refractivity (Wildman–Crippen MR) is 173 cm³/mol. The first-order chi connectivity index (χ1) is 23.6. The third kappa shape index (κ3) is 15.0. The van der Waals surface area contributed by atoms with Gasteiger partial charge in [0.2, 0.25) is 5.79 Å². The smallest absolute Gasteiger partial charge is 0.407 e. The minimum Gasteiger partial charge on any atom is -0.544 e. The topological polar surface area (TPSA) is 302 Å². The first-order valence-electron chi connectivity index (χ1n) is 15.4. The molecule has 0 radical (unpaired) electrons.